The molecule has 0 heteroatoms. The molecule has 1 radical (unpaired) electrons. The Labute approximate surface area is 117 Å². The molecule has 2 atom stereocenters. The van der Waals surface area contributed by atoms with E-state index in [1.165, 1.54) is 70.6 Å². The van der Waals surface area contributed by atoms with Crippen molar-refractivity contribution in [3.05, 3.63) is 6.42 Å². The van der Waals surface area contributed by atoms with E-state index in [4.69, 9.17) is 0 Å². The Bertz CT molecular complexity index is 150. The van der Waals surface area contributed by atoms with Gasteiger partial charge in [-0.2, -0.15) is 0 Å². The van der Waals surface area contributed by atoms with E-state index in [0.29, 0.717) is 0 Å². The third kappa shape index (κ3) is 11.1. The molecule has 0 aromatic rings. The predicted molar refractivity (Wildman–Crippen MR) is 84.8 cm³/mol. The molecule has 0 rings (SSSR count). The summed E-state index contributed by atoms with van der Waals surface area (Å²) in [5.74, 6) is 1.73. The van der Waals surface area contributed by atoms with Gasteiger partial charge in [-0.15, -0.1) is 0 Å². The van der Waals surface area contributed by atoms with Crippen molar-refractivity contribution in [3.8, 4) is 0 Å². The first-order valence-electron chi connectivity index (χ1n) is 8.59. The molecule has 18 heavy (non-hydrogen) atoms. The highest BCUT2D eigenvalue weighted by Gasteiger charge is 2.12. The third-order valence-electron chi connectivity index (χ3n) is 3.97. The lowest BCUT2D eigenvalue weighted by Crippen LogP contribution is -2.08. The van der Waals surface area contributed by atoms with Crippen LogP contribution in [0.15, 0.2) is 0 Å². The summed E-state index contributed by atoms with van der Waals surface area (Å²) in [6.45, 7) is 9.33. The maximum Gasteiger partial charge on any atom is -0.0326 e. The second kappa shape index (κ2) is 13.4. The molecular formula is C18H37. The van der Waals surface area contributed by atoms with Crippen LogP contribution in [0.2, 0.25) is 0 Å². The molecular weight excluding hydrogens is 216 g/mol. The molecule has 0 saturated heterocycles. The van der Waals surface area contributed by atoms with Gasteiger partial charge in [0.1, 0.15) is 0 Å². The zero-order valence-corrected chi connectivity index (χ0v) is 13.5. The molecule has 0 aliphatic carbocycles. The van der Waals surface area contributed by atoms with Crippen LogP contribution in [-0.2, 0) is 0 Å². The van der Waals surface area contributed by atoms with Crippen LogP contribution in [0.25, 0.3) is 0 Å². The summed E-state index contributed by atoms with van der Waals surface area (Å²) in [7, 11) is 0. The summed E-state index contributed by atoms with van der Waals surface area (Å²) in [5.41, 5.74) is 0. The molecule has 0 nitrogen and oxygen atoms in total. The monoisotopic (exact) mass is 253 g/mol. The summed E-state index contributed by atoms with van der Waals surface area (Å²) in [4.78, 5) is 0. The molecule has 0 bridgehead atoms. The van der Waals surface area contributed by atoms with Crippen LogP contribution in [0.5, 0.6) is 0 Å². The first-order chi connectivity index (χ1) is 8.74. The third-order valence-corrected chi connectivity index (χ3v) is 3.97. The molecule has 109 valence electrons. The second-order valence-electron chi connectivity index (χ2n) is 6.06. The molecule has 0 aromatic heterocycles. The fourth-order valence-corrected chi connectivity index (χ4v) is 2.72. The van der Waals surface area contributed by atoms with Crippen LogP contribution in [0.3, 0.4) is 0 Å². The highest BCUT2D eigenvalue weighted by atomic mass is 14.2. The van der Waals surface area contributed by atoms with Crippen molar-refractivity contribution in [1.29, 1.82) is 0 Å². The Morgan fingerprint density at radius 3 is 1.83 bits per heavy atom. The fraction of sp³-hybridized carbons (Fsp3) is 0.944. The van der Waals surface area contributed by atoms with E-state index in [1.54, 1.807) is 0 Å². The van der Waals surface area contributed by atoms with Gasteiger partial charge in [0, 0.05) is 0 Å². The quantitative estimate of drug-likeness (QED) is 0.317. The minimum atomic E-state index is 0.831. The summed E-state index contributed by atoms with van der Waals surface area (Å²) in [6, 6.07) is 0. The molecule has 0 aliphatic heterocycles. The molecule has 0 spiro atoms. The van der Waals surface area contributed by atoms with Gasteiger partial charge >= 0.3 is 0 Å². The Morgan fingerprint density at radius 1 is 0.667 bits per heavy atom. The Kier molecular flexibility index (Phi) is 13.4. The predicted octanol–water partition coefficient (Wildman–Crippen LogP) is 6.79. The lowest BCUT2D eigenvalue weighted by molar-refractivity contribution is 0.406. The maximum absolute atomic E-state index is 2.68. The summed E-state index contributed by atoms with van der Waals surface area (Å²) >= 11 is 0. The largest absolute Gasteiger partial charge is 0.0654 e. The minimum absolute atomic E-state index is 0.831. The second-order valence-corrected chi connectivity index (χ2v) is 6.06. The molecule has 0 amide bonds. The lowest BCUT2D eigenvalue weighted by atomic mass is 9.85. The summed E-state index contributed by atoms with van der Waals surface area (Å²) < 4.78 is 0. The van der Waals surface area contributed by atoms with E-state index >= 15 is 0 Å². The van der Waals surface area contributed by atoms with Crippen molar-refractivity contribution in [3.63, 3.8) is 0 Å². The Balaban J connectivity index is 3.81. The van der Waals surface area contributed by atoms with Gasteiger partial charge in [0.25, 0.3) is 0 Å². The van der Waals surface area contributed by atoms with Crippen LogP contribution in [0.1, 0.15) is 98.3 Å². The van der Waals surface area contributed by atoms with Crippen molar-refractivity contribution >= 4 is 0 Å². The first kappa shape index (κ1) is 18.0. The van der Waals surface area contributed by atoms with Crippen LogP contribution in [-0.4, -0.2) is 0 Å². The van der Waals surface area contributed by atoms with Crippen LogP contribution < -0.4 is 0 Å². The number of hydrogen-bond acceptors (Lipinski definition) is 0. The fourth-order valence-electron chi connectivity index (χ4n) is 2.72. The molecule has 2 unspecified atom stereocenters. The average molecular weight is 253 g/mol. The van der Waals surface area contributed by atoms with Gasteiger partial charge in [-0.05, 0) is 18.3 Å². The van der Waals surface area contributed by atoms with E-state index in [-0.39, 0.29) is 0 Å². The number of rotatable bonds is 13. The standard InChI is InChI=1S/C18H37/c1-5-8-11-12-15-18(14-10-7-3)16-17(4)13-9-6-2/h16-18H,5-15H2,1-4H3. The topological polar surface area (TPSA) is 0 Å². The zero-order chi connectivity index (χ0) is 13.6. The van der Waals surface area contributed by atoms with Crippen molar-refractivity contribution in [2.45, 2.75) is 98.3 Å². The van der Waals surface area contributed by atoms with E-state index in [0.717, 1.165) is 11.8 Å². The van der Waals surface area contributed by atoms with E-state index in [9.17, 15) is 0 Å². The molecule has 0 N–H and O–H groups in total. The SMILES string of the molecule is CCCCCCC([CH]C(C)CCCC)CCCC. The van der Waals surface area contributed by atoms with Gasteiger partial charge in [0.05, 0.1) is 0 Å². The maximum atomic E-state index is 2.68. The van der Waals surface area contributed by atoms with Crippen molar-refractivity contribution < 1.29 is 0 Å². The average Bonchev–Trinajstić information content (AvgIpc) is 2.38. The van der Waals surface area contributed by atoms with Crippen LogP contribution >= 0.6 is 0 Å². The van der Waals surface area contributed by atoms with E-state index in [2.05, 4.69) is 34.1 Å². The van der Waals surface area contributed by atoms with Crippen molar-refractivity contribution in [2.75, 3.05) is 0 Å². The molecule has 0 aliphatic rings. The minimum Gasteiger partial charge on any atom is -0.0654 e. The van der Waals surface area contributed by atoms with Crippen molar-refractivity contribution in [1.82, 2.24) is 0 Å². The lowest BCUT2D eigenvalue weighted by Gasteiger charge is -2.20. The molecule has 0 fully saturated rings. The van der Waals surface area contributed by atoms with Gasteiger partial charge in [0.15, 0.2) is 0 Å². The van der Waals surface area contributed by atoms with Crippen molar-refractivity contribution in [2.24, 2.45) is 11.8 Å². The van der Waals surface area contributed by atoms with Crippen LogP contribution in [0.4, 0.5) is 0 Å². The number of unbranched alkanes of at least 4 members (excludes halogenated alkanes) is 5. The summed E-state index contributed by atoms with van der Waals surface area (Å²) in [5, 5.41) is 0. The highest BCUT2D eigenvalue weighted by molar-refractivity contribution is 4.81. The number of hydrogen-bond donors (Lipinski definition) is 0. The van der Waals surface area contributed by atoms with E-state index in [1.807, 2.05) is 0 Å². The van der Waals surface area contributed by atoms with Gasteiger partial charge in [0.2, 0.25) is 0 Å². The highest BCUT2D eigenvalue weighted by Crippen LogP contribution is 2.25. The van der Waals surface area contributed by atoms with Gasteiger partial charge < -0.3 is 0 Å². The molecule has 0 aromatic carbocycles. The Morgan fingerprint density at radius 2 is 1.22 bits per heavy atom. The Hall–Kier alpha value is 0. The zero-order valence-electron chi connectivity index (χ0n) is 13.5. The van der Waals surface area contributed by atoms with Gasteiger partial charge in [-0.3, -0.25) is 0 Å². The summed E-state index contributed by atoms with van der Waals surface area (Å²) in [6.07, 6.45) is 18.1. The smallest absolute Gasteiger partial charge is 0.0326 e. The van der Waals surface area contributed by atoms with E-state index < -0.39 is 0 Å². The van der Waals surface area contributed by atoms with Gasteiger partial charge in [-0.1, -0.05) is 98.3 Å². The normalized spacial score (nSPS) is 14.7. The molecule has 0 saturated carbocycles. The molecule has 0 heterocycles. The van der Waals surface area contributed by atoms with Crippen LogP contribution in [0, 0.1) is 18.3 Å². The first-order valence-corrected chi connectivity index (χ1v) is 8.59. The van der Waals surface area contributed by atoms with Gasteiger partial charge in [-0.25, -0.2) is 0 Å².